The third-order valence-corrected chi connectivity index (χ3v) is 8.00. The van der Waals surface area contributed by atoms with E-state index in [2.05, 4.69) is 0 Å². The van der Waals surface area contributed by atoms with Gasteiger partial charge in [-0.3, -0.25) is 9.10 Å². The maximum atomic E-state index is 14.2. The summed E-state index contributed by atoms with van der Waals surface area (Å²) < 4.78 is 54.3. The standard InChI is InChI=1S/C27H28FNO6S/c1-17-6-5-7-23(10-17)36(32,33)29-16-22(15-27(2,3)26(30)31)35-25-9-8-18(13-24(25)29)19-11-20(28)14-21(12-19)34-4/h5-14,22H,15-16H2,1-4H3,(H,30,31)/t22-/m0/s1. The van der Waals surface area contributed by atoms with E-state index in [1.54, 1.807) is 63.2 Å². The number of rotatable bonds is 7. The molecule has 0 unspecified atom stereocenters. The molecule has 1 heterocycles. The molecule has 0 aromatic heterocycles. The number of nitrogens with zero attached hydrogens (tertiary/aromatic N) is 1. The minimum atomic E-state index is -4.02. The fourth-order valence-corrected chi connectivity index (χ4v) is 5.84. The van der Waals surface area contributed by atoms with Gasteiger partial charge in [-0.25, -0.2) is 12.8 Å². The van der Waals surface area contributed by atoms with Gasteiger partial charge in [-0.2, -0.15) is 0 Å². The lowest BCUT2D eigenvalue weighted by molar-refractivity contribution is -0.148. The van der Waals surface area contributed by atoms with Crippen molar-refractivity contribution in [3.63, 3.8) is 0 Å². The van der Waals surface area contributed by atoms with E-state index in [0.717, 1.165) is 5.56 Å². The number of benzene rings is 3. The number of anilines is 1. The van der Waals surface area contributed by atoms with Crippen molar-refractivity contribution in [2.45, 2.75) is 38.2 Å². The van der Waals surface area contributed by atoms with Crippen LogP contribution in [0.25, 0.3) is 11.1 Å². The van der Waals surface area contributed by atoms with Crippen molar-refractivity contribution in [1.82, 2.24) is 0 Å². The summed E-state index contributed by atoms with van der Waals surface area (Å²) >= 11 is 0. The van der Waals surface area contributed by atoms with E-state index in [4.69, 9.17) is 9.47 Å². The lowest BCUT2D eigenvalue weighted by Gasteiger charge is -2.38. The van der Waals surface area contributed by atoms with Crippen LogP contribution in [-0.4, -0.2) is 39.3 Å². The average Bonchev–Trinajstić information content (AvgIpc) is 2.82. The largest absolute Gasteiger partial charge is 0.497 e. The lowest BCUT2D eigenvalue weighted by atomic mass is 9.86. The zero-order chi connectivity index (χ0) is 26.3. The lowest BCUT2D eigenvalue weighted by Crippen LogP contribution is -2.46. The quantitative estimate of drug-likeness (QED) is 0.463. The van der Waals surface area contributed by atoms with Crippen LogP contribution in [0.1, 0.15) is 25.8 Å². The average molecular weight is 514 g/mol. The van der Waals surface area contributed by atoms with Gasteiger partial charge in [-0.1, -0.05) is 18.2 Å². The molecular weight excluding hydrogens is 485 g/mol. The summed E-state index contributed by atoms with van der Waals surface area (Å²) in [7, 11) is -2.58. The number of hydrogen-bond donors (Lipinski definition) is 1. The van der Waals surface area contributed by atoms with Crippen LogP contribution >= 0.6 is 0 Å². The Morgan fingerprint density at radius 2 is 1.89 bits per heavy atom. The molecule has 4 rings (SSSR count). The summed E-state index contributed by atoms with van der Waals surface area (Å²) in [6.07, 6.45) is -0.590. The molecule has 0 fully saturated rings. The minimum absolute atomic E-state index is 0.0735. The summed E-state index contributed by atoms with van der Waals surface area (Å²) in [5.74, 6) is -0.853. The zero-order valence-electron chi connectivity index (χ0n) is 20.5. The Balaban J connectivity index is 1.83. The van der Waals surface area contributed by atoms with Crippen LogP contribution < -0.4 is 13.8 Å². The summed E-state index contributed by atoms with van der Waals surface area (Å²) in [5.41, 5.74) is 1.04. The van der Waals surface area contributed by atoms with Gasteiger partial charge >= 0.3 is 5.97 Å². The predicted octanol–water partition coefficient (Wildman–Crippen LogP) is 5.27. The van der Waals surface area contributed by atoms with Crippen LogP contribution in [0.4, 0.5) is 10.1 Å². The molecule has 3 aromatic rings. The van der Waals surface area contributed by atoms with Crippen LogP contribution in [0, 0.1) is 18.2 Å². The second-order valence-electron chi connectivity index (χ2n) is 9.55. The highest BCUT2D eigenvalue weighted by Gasteiger charge is 2.39. The van der Waals surface area contributed by atoms with Gasteiger partial charge in [0.15, 0.2) is 0 Å². The maximum Gasteiger partial charge on any atom is 0.309 e. The Morgan fingerprint density at radius 3 is 2.56 bits per heavy atom. The molecule has 190 valence electrons. The Hall–Kier alpha value is -3.59. The molecule has 1 atom stereocenters. The molecule has 0 bridgehead atoms. The van der Waals surface area contributed by atoms with Crippen molar-refractivity contribution >= 4 is 21.7 Å². The van der Waals surface area contributed by atoms with Gasteiger partial charge in [-0.05, 0) is 73.9 Å². The zero-order valence-corrected chi connectivity index (χ0v) is 21.3. The number of aliphatic carboxylic acids is 1. The first-order valence-corrected chi connectivity index (χ1v) is 12.8. The number of fused-ring (bicyclic) bond motifs is 1. The molecule has 0 spiro atoms. The molecule has 36 heavy (non-hydrogen) atoms. The molecular formula is C27H28FNO6S. The highest BCUT2D eigenvalue weighted by molar-refractivity contribution is 7.92. The second-order valence-corrected chi connectivity index (χ2v) is 11.4. The highest BCUT2D eigenvalue weighted by atomic mass is 32.2. The van der Waals surface area contributed by atoms with E-state index < -0.39 is 33.3 Å². The molecule has 3 aromatic carbocycles. The van der Waals surface area contributed by atoms with Crippen molar-refractivity contribution in [2.75, 3.05) is 18.0 Å². The molecule has 0 radical (unpaired) electrons. The molecule has 0 aliphatic carbocycles. The molecule has 0 saturated carbocycles. The van der Waals surface area contributed by atoms with Crippen molar-refractivity contribution in [3.8, 4) is 22.6 Å². The van der Waals surface area contributed by atoms with Gasteiger partial charge in [0.25, 0.3) is 10.0 Å². The number of hydrogen-bond acceptors (Lipinski definition) is 5. The van der Waals surface area contributed by atoms with Gasteiger partial charge in [0, 0.05) is 12.5 Å². The van der Waals surface area contributed by atoms with Gasteiger partial charge in [0.05, 0.1) is 29.7 Å². The normalized spacial score (nSPS) is 15.7. The first kappa shape index (κ1) is 25.5. The summed E-state index contributed by atoms with van der Waals surface area (Å²) in [4.78, 5) is 11.8. The third kappa shape index (κ3) is 5.02. The summed E-state index contributed by atoms with van der Waals surface area (Å²) in [6, 6.07) is 15.8. The van der Waals surface area contributed by atoms with Gasteiger partial charge in [-0.15, -0.1) is 0 Å². The molecule has 7 nitrogen and oxygen atoms in total. The number of aryl methyl sites for hydroxylation is 1. The number of methoxy groups -OCH3 is 1. The molecule has 1 aliphatic rings. The van der Waals surface area contributed by atoms with Crippen LogP contribution in [-0.2, 0) is 14.8 Å². The van der Waals surface area contributed by atoms with E-state index in [1.807, 2.05) is 0 Å². The highest BCUT2D eigenvalue weighted by Crippen LogP contribution is 2.42. The number of halogens is 1. The molecule has 0 saturated heterocycles. The van der Waals surface area contributed by atoms with Gasteiger partial charge < -0.3 is 14.6 Å². The second kappa shape index (κ2) is 9.46. The van der Waals surface area contributed by atoms with Crippen LogP contribution in [0.2, 0.25) is 0 Å². The predicted molar refractivity (Wildman–Crippen MR) is 135 cm³/mol. The Bertz CT molecular complexity index is 1420. The van der Waals surface area contributed by atoms with E-state index >= 15 is 0 Å². The van der Waals surface area contributed by atoms with Gasteiger partial charge in [0.1, 0.15) is 23.4 Å². The Labute approximate surface area is 210 Å². The number of carbonyl (C=O) groups is 1. The molecule has 0 amide bonds. The fourth-order valence-electron chi connectivity index (χ4n) is 4.23. The van der Waals surface area contributed by atoms with Crippen LogP contribution in [0.15, 0.2) is 65.6 Å². The van der Waals surface area contributed by atoms with E-state index in [-0.39, 0.29) is 17.9 Å². The SMILES string of the molecule is COc1cc(F)cc(-c2ccc3c(c2)N(S(=O)(=O)c2cccc(C)c2)C[C@H](CC(C)(C)C(=O)O)O3)c1. The van der Waals surface area contributed by atoms with Crippen LogP contribution in [0.3, 0.4) is 0 Å². The number of carboxylic acid groups (broad SMARTS) is 1. The van der Waals surface area contributed by atoms with Crippen molar-refractivity contribution < 1.29 is 32.2 Å². The van der Waals surface area contributed by atoms with Crippen molar-refractivity contribution in [2.24, 2.45) is 5.41 Å². The van der Waals surface area contributed by atoms with Gasteiger partial charge in [0.2, 0.25) is 0 Å². The monoisotopic (exact) mass is 513 g/mol. The molecule has 1 aliphatic heterocycles. The summed E-state index contributed by atoms with van der Waals surface area (Å²) in [6.45, 7) is 4.89. The number of carboxylic acids is 1. The molecule has 1 N–H and O–H groups in total. The Kier molecular flexibility index (Phi) is 6.70. The minimum Gasteiger partial charge on any atom is -0.497 e. The smallest absolute Gasteiger partial charge is 0.309 e. The first-order valence-electron chi connectivity index (χ1n) is 11.4. The number of ether oxygens (including phenoxy) is 2. The maximum absolute atomic E-state index is 14.2. The molecule has 9 heteroatoms. The third-order valence-electron chi connectivity index (χ3n) is 6.23. The first-order chi connectivity index (χ1) is 16.9. The van der Waals surface area contributed by atoms with E-state index in [1.165, 1.54) is 29.6 Å². The number of sulfonamides is 1. The topological polar surface area (TPSA) is 93.1 Å². The fraction of sp³-hybridized carbons (Fsp3) is 0.296. The van der Waals surface area contributed by atoms with E-state index in [9.17, 15) is 22.7 Å². The summed E-state index contributed by atoms with van der Waals surface area (Å²) in [5, 5.41) is 9.60. The van der Waals surface area contributed by atoms with Crippen molar-refractivity contribution in [1.29, 1.82) is 0 Å². The van der Waals surface area contributed by atoms with Crippen LogP contribution in [0.5, 0.6) is 11.5 Å². The Morgan fingerprint density at radius 1 is 1.14 bits per heavy atom. The van der Waals surface area contributed by atoms with Crippen molar-refractivity contribution in [3.05, 3.63) is 72.0 Å². The van der Waals surface area contributed by atoms with E-state index in [0.29, 0.717) is 28.3 Å².